The van der Waals surface area contributed by atoms with Crippen molar-refractivity contribution in [2.75, 3.05) is 0 Å². The number of benzene rings is 1. The van der Waals surface area contributed by atoms with Crippen molar-refractivity contribution in [2.24, 2.45) is 23.5 Å². The van der Waals surface area contributed by atoms with Crippen LogP contribution in [0.4, 0.5) is 0 Å². The molecule has 1 nitrogen and oxygen atoms in total. The number of nitrogens with two attached hydrogens (primary N) is 1. The van der Waals surface area contributed by atoms with Crippen LogP contribution in [0, 0.1) is 17.8 Å². The van der Waals surface area contributed by atoms with Crippen LogP contribution in [0.3, 0.4) is 0 Å². The molecule has 2 rings (SSSR count). The molecule has 1 fully saturated rings. The molecule has 1 saturated carbocycles. The first-order valence-corrected chi connectivity index (χ1v) is 6.41. The van der Waals surface area contributed by atoms with Crippen molar-refractivity contribution in [1.82, 2.24) is 0 Å². The average molecular weight is 217 g/mol. The van der Waals surface area contributed by atoms with Crippen LogP contribution in [0.2, 0.25) is 0 Å². The van der Waals surface area contributed by atoms with Crippen LogP contribution < -0.4 is 5.73 Å². The van der Waals surface area contributed by atoms with E-state index in [0.717, 1.165) is 5.92 Å². The summed E-state index contributed by atoms with van der Waals surface area (Å²) in [5.41, 5.74) is 7.82. The lowest BCUT2D eigenvalue weighted by Gasteiger charge is -2.23. The van der Waals surface area contributed by atoms with Gasteiger partial charge in [-0.05, 0) is 35.7 Å². The molecule has 1 aliphatic rings. The standard InChI is InChI=1S/C15H23N/c1-10(2)11(3)15(16)14-9-13(14)12-7-5-4-6-8-12/h4-8,10-11,13-15H,9,16H2,1-3H3. The molecule has 0 spiro atoms. The van der Waals surface area contributed by atoms with Crippen LogP contribution in [-0.4, -0.2) is 6.04 Å². The molecule has 1 aromatic rings. The van der Waals surface area contributed by atoms with Gasteiger partial charge in [0, 0.05) is 6.04 Å². The highest BCUT2D eigenvalue weighted by Gasteiger charge is 2.44. The topological polar surface area (TPSA) is 26.0 Å². The zero-order valence-corrected chi connectivity index (χ0v) is 10.6. The largest absolute Gasteiger partial charge is 0.327 e. The van der Waals surface area contributed by atoms with E-state index in [1.165, 1.54) is 12.0 Å². The molecular formula is C15H23N. The smallest absolute Gasteiger partial charge is 0.0101 e. The summed E-state index contributed by atoms with van der Waals surface area (Å²) >= 11 is 0. The van der Waals surface area contributed by atoms with Gasteiger partial charge in [0.2, 0.25) is 0 Å². The third-order valence-electron chi connectivity index (χ3n) is 4.22. The van der Waals surface area contributed by atoms with Crippen molar-refractivity contribution >= 4 is 0 Å². The predicted molar refractivity (Wildman–Crippen MR) is 69.3 cm³/mol. The highest BCUT2D eigenvalue weighted by atomic mass is 14.7. The zero-order valence-electron chi connectivity index (χ0n) is 10.6. The molecule has 1 aliphatic carbocycles. The lowest BCUT2D eigenvalue weighted by molar-refractivity contribution is 0.318. The minimum atomic E-state index is 0.366. The Morgan fingerprint density at radius 3 is 2.31 bits per heavy atom. The van der Waals surface area contributed by atoms with Crippen molar-refractivity contribution < 1.29 is 0 Å². The monoisotopic (exact) mass is 217 g/mol. The molecule has 88 valence electrons. The number of hydrogen-bond acceptors (Lipinski definition) is 1. The van der Waals surface area contributed by atoms with Gasteiger partial charge < -0.3 is 5.73 Å². The van der Waals surface area contributed by atoms with E-state index in [9.17, 15) is 0 Å². The summed E-state index contributed by atoms with van der Waals surface area (Å²) in [5.74, 6) is 2.74. The predicted octanol–water partition coefficient (Wildman–Crippen LogP) is 3.41. The van der Waals surface area contributed by atoms with E-state index in [1.54, 1.807) is 0 Å². The molecule has 0 saturated heterocycles. The molecule has 16 heavy (non-hydrogen) atoms. The maximum absolute atomic E-state index is 6.35. The molecule has 1 aromatic carbocycles. The lowest BCUT2D eigenvalue weighted by atomic mass is 9.87. The third-order valence-corrected chi connectivity index (χ3v) is 4.22. The highest BCUT2D eigenvalue weighted by molar-refractivity contribution is 5.26. The van der Waals surface area contributed by atoms with Crippen LogP contribution in [0.25, 0.3) is 0 Å². The van der Waals surface area contributed by atoms with Gasteiger partial charge in [-0.1, -0.05) is 51.1 Å². The summed E-state index contributed by atoms with van der Waals surface area (Å²) in [6, 6.07) is 11.2. The summed E-state index contributed by atoms with van der Waals surface area (Å²) < 4.78 is 0. The van der Waals surface area contributed by atoms with Crippen molar-refractivity contribution in [3.05, 3.63) is 35.9 Å². The Kier molecular flexibility index (Phi) is 3.34. The molecule has 0 bridgehead atoms. The van der Waals surface area contributed by atoms with Gasteiger partial charge >= 0.3 is 0 Å². The molecular weight excluding hydrogens is 194 g/mol. The first kappa shape index (κ1) is 11.7. The fourth-order valence-electron chi connectivity index (χ4n) is 2.56. The van der Waals surface area contributed by atoms with Gasteiger partial charge in [0.25, 0.3) is 0 Å². The molecule has 0 aromatic heterocycles. The Morgan fingerprint density at radius 1 is 1.12 bits per heavy atom. The molecule has 0 amide bonds. The van der Waals surface area contributed by atoms with E-state index in [-0.39, 0.29) is 0 Å². The maximum atomic E-state index is 6.35. The van der Waals surface area contributed by atoms with Crippen LogP contribution >= 0.6 is 0 Å². The third kappa shape index (κ3) is 2.30. The first-order valence-electron chi connectivity index (χ1n) is 6.41. The normalized spacial score (nSPS) is 27.8. The molecule has 0 heterocycles. The van der Waals surface area contributed by atoms with Crippen molar-refractivity contribution in [3.63, 3.8) is 0 Å². The minimum absolute atomic E-state index is 0.366. The van der Waals surface area contributed by atoms with E-state index in [4.69, 9.17) is 5.73 Å². The van der Waals surface area contributed by atoms with Gasteiger partial charge in [0.1, 0.15) is 0 Å². The first-order chi connectivity index (χ1) is 7.61. The molecule has 1 heteroatoms. The fraction of sp³-hybridized carbons (Fsp3) is 0.600. The van der Waals surface area contributed by atoms with E-state index >= 15 is 0 Å². The van der Waals surface area contributed by atoms with Crippen molar-refractivity contribution in [3.8, 4) is 0 Å². The van der Waals surface area contributed by atoms with E-state index in [2.05, 4.69) is 51.1 Å². The van der Waals surface area contributed by atoms with Crippen LogP contribution in [0.15, 0.2) is 30.3 Å². The Morgan fingerprint density at radius 2 is 1.75 bits per heavy atom. The van der Waals surface area contributed by atoms with Gasteiger partial charge in [-0.3, -0.25) is 0 Å². The average Bonchev–Trinajstić information content (AvgIpc) is 3.08. The zero-order chi connectivity index (χ0) is 11.7. The number of hydrogen-bond donors (Lipinski definition) is 1. The second kappa shape index (κ2) is 4.58. The minimum Gasteiger partial charge on any atom is -0.327 e. The summed E-state index contributed by atoms with van der Waals surface area (Å²) in [7, 11) is 0. The summed E-state index contributed by atoms with van der Waals surface area (Å²) in [6.07, 6.45) is 1.28. The second-order valence-corrected chi connectivity index (χ2v) is 5.60. The molecule has 4 unspecified atom stereocenters. The van der Waals surface area contributed by atoms with Gasteiger partial charge in [-0.25, -0.2) is 0 Å². The molecule has 0 radical (unpaired) electrons. The van der Waals surface area contributed by atoms with E-state index in [1.807, 2.05) is 0 Å². The van der Waals surface area contributed by atoms with Crippen molar-refractivity contribution in [1.29, 1.82) is 0 Å². The SMILES string of the molecule is CC(C)C(C)C(N)C1CC1c1ccccc1. The fourth-order valence-corrected chi connectivity index (χ4v) is 2.56. The number of rotatable bonds is 4. The Bertz CT molecular complexity index is 331. The summed E-state index contributed by atoms with van der Waals surface area (Å²) in [6.45, 7) is 6.82. The molecule has 0 aliphatic heterocycles. The van der Waals surface area contributed by atoms with Crippen LogP contribution in [0.1, 0.15) is 38.7 Å². The van der Waals surface area contributed by atoms with E-state index in [0.29, 0.717) is 23.8 Å². The molecule has 4 atom stereocenters. The van der Waals surface area contributed by atoms with Gasteiger partial charge in [-0.2, -0.15) is 0 Å². The van der Waals surface area contributed by atoms with Gasteiger partial charge in [0.05, 0.1) is 0 Å². The van der Waals surface area contributed by atoms with Crippen LogP contribution in [-0.2, 0) is 0 Å². The van der Waals surface area contributed by atoms with Crippen molar-refractivity contribution in [2.45, 2.75) is 39.2 Å². The summed E-state index contributed by atoms with van der Waals surface area (Å²) in [5, 5.41) is 0. The van der Waals surface area contributed by atoms with Crippen LogP contribution in [0.5, 0.6) is 0 Å². The highest BCUT2D eigenvalue weighted by Crippen LogP contribution is 2.50. The second-order valence-electron chi connectivity index (χ2n) is 5.60. The molecule has 2 N–H and O–H groups in total. The lowest BCUT2D eigenvalue weighted by Crippen LogP contribution is -2.33. The Hall–Kier alpha value is -0.820. The van der Waals surface area contributed by atoms with Gasteiger partial charge in [-0.15, -0.1) is 0 Å². The Balaban J connectivity index is 1.97. The summed E-state index contributed by atoms with van der Waals surface area (Å²) in [4.78, 5) is 0. The maximum Gasteiger partial charge on any atom is 0.0101 e. The Labute approximate surface area is 99.0 Å². The van der Waals surface area contributed by atoms with Gasteiger partial charge in [0.15, 0.2) is 0 Å². The van der Waals surface area contributed by atoms with E-state index < -0.39 is 0 Å². The quantitative estimate of drug-likeness (QED) is 0.821.